The van der Waals surface area contributed by atoms with Gasteiger partial charge in [-0.2, -0.15) is 0 Å². The van der Waals surface area contributed by atoms with E-state index in [1.54, 1.807) is 19.9 Å². The van der Waals surface area contributed by atoms with Crippen LogP contribution in [0.1, 0.15) is 13.8 Å². The molecule has 0 amide bonds. The van der Waals surface area contributed by atoms with Gasteiger partial charge in [0.25, 0.3) is 0 Å². The lowest BCUT2D eigenvalue weighted by Gasteiger charge is -2.17. The normalized spacial score (nSPS) is 14.8. The third kappa shape index (κ3) is 2.51. The highest BCUT2D eigenvalue weighted by molar-refractivity contribution is 7.54. The molecular formula is C13H15O3P. The van der Waals surface area contributed by atoms with E-state index in [1.165, 1.54) is 0 Å². The van der Waals surface area contributed by atoms with E-state index < -0.39 is 13.3 Å². The average Bonchev–Trinajstić information content (AvgIpc) is 2.29. The SMILES string of the molecule is CC(C)P(=O)(O)Oc1cccc2ccccc12. The molecule has 17 heavy (non-hydrogen) atoms. The smallest absolute Gasteiger partial charge is 0.379 e. The molecule has 0 aliphatic carbocycles. The molecule has 0 bridgehead atoms. The Kier molecular flexibility index (Phi) is 3.23. The Labute approximate surface area is 101 Å². The van der Waals surface area contributed by atoms with E-state index in [1.807, 2.05) is 36.4 Å². The molecule has 3 nitrogen and oxygen atoms in total. The monoisotopic (exact) mass is 250 g/mol. The van der Waals surface area contributed by atoms with E-state index in [0.29, 0.717) is 5.75 Å². The van der Waals surface area contributed by atoms with Gasteiger partial charge in [0.2, 0.25) is 0 Å². The van der Waals surface area contributed by atoms with Crippen molar-refractivity contribution in [3.63, 3.8) is 0 Å². The molecule has 4 heteroatoms. The van der Waals surface area contributed by atoms with Crippen molar-refractivity contribution in [2.75, 3.05) is 0 Å². The minimum atomic E-state index is -3.59. The van der Waals surface area contributed by atoms with E-state index in [2.05, 4.69) is 0 Å². The van der Waals surface area contributed by atoms with Gasteiger partial charge in [-0.05, 0) is 11.5 Å². The van der Waals surface area contributed by atoms with Crippen LogP contribution in [-0.4, -0.2) is 10.6 Å². The van der Waals surface area contributed by atoms with Gasteiger partial charge in [-0.1, -0.05) is 50.2 Å². The summed E-state index contributed by atoms with van der Waals surface area (Å²) < 4.78 is 17.1. The molecule has 2 aromatic carbocycles. The highest BCUT2D eigenvalue weighted by Crippen LogP contribution is 2.48. The third-order valence-electron chi connectivity index (χ3n) is 2.63. The zero-order valence-corrected chi connectivity index (χ0v) is 10.7. The zero-order chi connectivity index (χ0) is 12.5. The lowest BCUT2D eigenvalue weighted by molar-refractivity contribution is 0.372. The molecule has 0 spiro atoms. The number of rotatable bonds is 3. The maximum atomic E-state index is 11.9. The molecule has 1 atom stereocenters. The minimum Gasteiger partial charge on any atom is -0.424 e. The topological polar surface area (TPSA) is 46.5 Å². The predicted octanol–water partition coefficient (Wildman–Crippen LogP) is 3.81. The second-order valence-corrected chi connectivity index (χ2v) is 6.57. The molecule has 1 unspecified atom stereocenters. The van der Waals surface area contributed by atoms with Crippen LogP contribution in [-0.2, 0) is 4.57 Å². The molecule has 0 radical (unpaired) electrons. The standard InChI is InChI=1S/C13H15O3P/c1-10(2)17(14,15)16-13-9-5-7-11-6-3-4-8-12(11)13/h3-10H,1-2H3,(H,14,15). The highest BCUT2D eigenvalue weighted by atomic mass is 31.2. The number of fused-ring (bicyclic) bond motifs is 1. The number of benzene rings is 2. The van der Waals surface area contributed by atoms with Crippen molar-refractivity contribution in [3.05, 3.63) is 42.5 Å². The number of hydrogen-bond donors (Lipinski definition) is 1. The Hall–Kier alpha value is -1.31. The fraction of sp³-hybridized carbons (Fsp3) is 0.231. The highest BCUT2D eigenvalue weighted by Gasteiger charge is 2.26. The van der Waals surface area contributed by atoms with Crippen LogP contribution < -0.4 is 4.52 Å². The summed E-state index contributed by atoms with van der Waals surface area (Å²) in [5, 5.41) is 1.85. The van der Waals surface area contributed by atoms with Crippen LogP contribution in [0, 0.1) is 0 Å². The third-order valence-corrected chi connectivity index (χ3v) is 4.39. The Morgan fingerprint density at radius 1 is 1.12 bits per heavy atom. The maximum absolute atomic E-state index is 11.9. The zero-order valence-electron chi connectivity index (χ0n) is 9.83. The minimum absolute atomic E-state index is 0.415. The lowest BCUT2D eigenvalue weighted by atomic mass is 10.1. The van der Waals surface area contributed by atoms with E-state index in [4.69, 9.17) is 4.52 Å². The second-order valence-electron chi connectivity index (χ2n) is 4.23. The molecular weight excluding hydrogens is 235 g/mol. The van der Waals surface area contributed by atoms with Crippen LogP contribution >= 0.6 is 7.60 Å². The van der Waals surface area contributed by atoms with Gasteiger partial charge in [-0.3, -0.25) is 0 Å². The summed E-state index contributed by atoms with van der Waals surface area (Å²) in [6, 6.07) is 13.1. The Balaban J connectivity index is 2.47. The fourth-order valence-corrected chi connectivity index (χ4v) is 2.17. The summed E-state index contributed by atoms with van der Waals surface area (Å²) in [6.45, 7) is 3.35. The van der Waals surface area contributed by atoms with Crippen LogP contribution in [0.3, 0.4) is 0 Å². The largest absolute Gasteiger partial charge is 0.424 e. The quantitative estimate of drug-likeness (QED) is 0.842. The maximum Gasteiger partial charge on any atom is 0.379 e. The summed E-state index contributed by atoms with van der Waals surface area (Å²) in [7, 11) is -3.59. The van der Waals surface area contributed by atoms with Gasteiger partial charge >= 0.3 is 7.60 Å². The first-order valence-corrected chi connectivity index (χ1v) is 7.15. The second kappa shape index (κ2) is 4.52. The van der Waals surface area contributed by atoms with Crippen molar-refractivity contribution in [1.29, 1.82) is 0 Å². The molecule has 1 N–H and O–H groups in total. The van der Waals surface area contributed by atoms with Crippen molar-refractivity contribution >= 4 is 18.4 Å². The van der Waals surface area contributed by atoms with E-state index in [9.17, 15) is 9.46 Å². The van der Waals surface area contributed by atoms with Gasteiger partial charge in [0, 0.05) is 5.39 Å². The summed E-state index contributed by atoms with van der Waals surface area (Å²) in [5.74, 6) is 0.461. The molecule has 0 heterocycles. The first-order chi connectivity index (χ1) is 8.00. The van der Waals surface area contributed by atoms with Crippen LogP contribution in [0.4, 0.5) is 0 Å². The Morgan fingerprint density at radius 3 is 2.47 bits per heavy atom. The predicted molar refractivity (Wildman–Crippen MR) is 69.5 cm³/mol. The van der Waals surface area contributed by atoms with Crippen LogP contribution in [0.15, 0.2) is 42.5 Å². The van der Waals surface area contributed by atoms with Crippen molar-refractivity contribution in [1.82, 2.24) is 0 Å². The fourth-order valence-electron chi connectivity index (χ4n) is 1.52. The van der Waals surface area contributed by atoms with Crippen molar-refractivity contribution in [2.24, 2.45) is 0 Å². The van der Waals surface area contributed by atoms with E-state index >= 15 is 0 Å². The first kappa shape index (κ1) is 12.2. The molecule has 90 valence electrons. The molecule has 0 aliphatic heterocycles. The summed E-state index contributed by atoms with van der Waals surface area (Å²) in [4.78, 5) is 9.74. The Morgan fingerprint density at radius 2 is 1.76 bits per heavy atom. The van der Waals surface area contributed by atoms with Crippen LogP contribution in [0.2, 0.25) is 0 Å². The lowest BCUT2D eigenvalue weighted by Crippen LogP contribution is -2.03. The average molecular weight is 250 g/mol. The van der Waals surface area contributed by atoms with E-state index in [-0.39, 0.29) is 0 Å². The van der Waals surface area contributed by atoms with Crippen molar-refractivity contribution in [2.45, 2.75) is 19.5 Å². The van der Waals surface area contributed by atoms with Crippen molar-refractivity contribution in [3.8, 4) is 5.75 Å². The molecule has 2 aromatic rings. The molecule has 0 aromatic heterocycles. The molecule has 0 saturated carbocycles. The Bertz CT molecular complexity index is 572. The summed E-state index contributed by atoms with van der Waals surface area (Å²) in [6.07, 6.45) is 0. The van der Waals surface area contributed by atoms with Gasteiger partial charge in [0.05, 0.1) is 5.66 Å². The van der Waals surface area contributed by atoms with Crippen LogP contribution in [0.25, 0.3) is 10.8 Å². The van der Waals surface area contributed by atoms with Gasteiger partial charge in [-0.15, -0.1) is 0 Å². The molecule has 0 saturated heterocycles. The van der Waals surface area contributed by atoms with Crippen molar-refractivity contribution < 1.29 is 14.0 Å². The summed E-state index contributed by atoms with van der Waals surface area (Å²) >= 11 is 0. The number of hydrogen-bond acceptors (Lipinski definition) is 2. The van der Waals surface area contributed by atoms with Gasteiger partial charge in [0.1, 0.15) is 5.75 Å². The summed E-state index contributed by atoms with van der Waals surface area (Å²) in [5.41, 5.74) is -0.415. The van der Waals surface area contributed by atoms with Gasteiger partial charge < -0.3 is 9.42 Å². The van der Waals surface area contributed by atoms with Gasteiger partial charge in [-0.25, -0.2) is 4.57 Å². The van der Waals surface area contributed by atoms with Crippen LogP contribution in [0.5, 0.6) is 5.75 Å². The molecule has 2 rings (SSSR count). The van der Waals surface area contributed by atoms with Gasteiger partial charge in [0.15, 0.2) is 0 Å². The molecule has 0 fully saturated rings. The molecule has 0 aliphatic rings. The first-order valence-electron chi connectivity index (χ1n) is 5.50. The van der Waals surface area contributed by atoms with E-state index in [0.717, 1.165) is 10.8 Å².